The summed E-state index contributed by atoms with van der Waals surface area (Å²) in [5.41, 5.74) is 3.83. The number of carbonyl (C=O) groups excluding carboxylic acids is 2. The van der Waals surface area contributed by atoms with Crippen LogP contribution in [-0.2, 0) is 9.53 Å². The first-order valence-corrected chi connectivity index (χ1v) is 7.29. The Morgan fingerprint density at radius 2 is 1.78 bits per heavy atom. The highest BCUT2D eigenvalue weighted by molar-refractivity contribution is 5.98. The van der Waals surface area contributed by atoms with Crippen LogP contribution in [-0.4, -0.2) is 25.5 Å². The molecule has 0 atom stereocenters. The molecule has 0 fully saturated rings. The average molecular weight is 312 g/mol. The number of carbonyl (C=O) groups is 2. The first kappa shape index (κ1) is 16.5. The minimum absolute atomic E-state index is 0.0569. The number of rotatable bonds is 5. The summed E-state index contributed by atoms with van der Waals surface area (Å²) in [6, 6.07) is 12.8. The van der Waals surface area contributed by atoms with E-state index < -0.39 is 5.97 Å². The van der Waals surface area contributed by atoms with Gasteiger partial charge in [-0.05, 0) is 43.2 Å². The number of esters is 1. The first-order valence-electron chi connectivity index (χ1n) is 7.29. The molecule has 0 bridgehead atoms. The summed E-state index contributed by atoms with van der Waals surface area (Å²) in [5, 5.41) is 5.84. The van der Waals surface area contributed by atoms with Crippen molar-refractivity contribution in [2.45, 2.75) is 13.8 Å². The summed E-state index contributed by atoms with van der Waals surface area (Å²) >= 11 is 0. The van der Waals surface area contributed by atoms with Gasteiger partial charge in [0.2, 0.25) is 5.91 Å². The van der Waals surface area contributed by atoms with Crippen molar-refractivity contribution in [3.8, 4) is 0 Å². The lowest BCUT2D eigenvalue weighted by Crippen LogP contribution is -2.23. The van der Waals surface area contributed by atoms with Gasteiger partial charge in [0, 0.05) is 11.4 Å². The Morgan fingerprint density at radius 1 is 1.04 bits per heavy atom. The van der Waals surface area contributed by atoms with E-state index in [0.29, 0.717) is 11.3 Å². The quantitative estimate of drug-likeness (QED) is 0.832. The molecule has 2 aromatic carbocycles. The lowest BCUT2D eigenvalue weighted by molar-refractivity contribution is -0.114. The lowest BCUT2D eigenvalue weighted by atomic mass is 10.1. The summed E-state index contributed by atoms with van der Waals surface area (Å²) in [7, 11) is 1.33. The molecule has 0 saturated carbocycles. The van der Waals surface area contributed by atoms with Crippen LogP contribution in [0.4, 0.5) is 11.4 Å². The Labute approximate surface area is 135 Å². The number of anilines is 2. The van der Waals surface area contributed by atoms with Crippen molar-refractivity contribution in [1.82, 2.24) is 0 Å². The molecular formula is C18H20N2O3. The van der Waals surface area contributed by atoms with Crippen LogP contribution in [0.15, 0.2) is 42.5 Å². The number of hydrogen-bond acceptors (Lipinski definition) is 4. The SMILES string of the molecule is COC(=O)c1ccccc1NCC(=O)Nc1cc(C)ccc1C. The highest BCUT2D eigenvalue weighted by atomic mass is 16.5. The monoisotopic (exact) mass is 312 g/mol. The number of para-hydroxylation sites is 1. The van der Waals surface area contributed by atoms with Crippen LogP contribution in [0.1, 0.15) is 21.5 Å². The third kappa shape index (κ3) is 4.32. The predicted molar refractivity (Wildman–Crippen MR) is 90.8 cm³/mol. The molecule has 2 N–H and O–H groups in total. The maximum Gasteiger partial charge on any atom is 0.339 e. The van der Waals surface area contributed by atoms with Gasteiger partial charge in [0.05, 0.1) is 19.2 Å². The number of amides is 1. The van der Waals surface area contributed by atoms with Crippen molar-refractivity contribution in [2.24, 2.45) is 0 Å². The van der Waals surface area contributed by atoms with Crippen LogP contribution >= 0.6 is 0 Å². The maximum atomic E-state index is 12.1. The summed E-state index contributed by atoms with van der Waals surface area (Å²) in [5.74, 6) is -0.624. The molecule has 0 aliphatic carbocycles. The van der Waals surface area contributed by atoms with Gasteiger partial charge >= 0.3 is 5.97 Å². The van der Waals surface area contributed by atoms with Gasteiger partial charge in [0.15, 0.2) is 0 Å². The van der Waals surface area contributed by atoms with E-state index in [1.54, 1.807) is 24.3 Å². The van der Waals surface area contributed by atoms with Crippen molar-refractivity contribution >= 4 is 23.3 Å². The summed E-state index contributed by atoms with van der Waals surface area (Å²) in [4.78, 5) is 23.8. The normalized spacial score (nSPS) is 10.0. The molecule has 0 aliphatic heterocycles. The van der Waals surface area contributed by atoms with E-state index in [4.69, 9.17) is 4.74 Å². The Hall–Kier alpha value is -2.82. The van der Waals surface area contributed by atoms with Gasteiger partial charge in [-0.3, -0.25) is 4.79 Å². The Kier molecular flexibility index (Phi) is 5.36. The summed E-state index contributed by atoms with van der Waals surface area (Å²) in [6.07, 6.45) is 0. The van der Waals surface area contributed by atoms with Crippen LogP contribution in [0.25, 0.3) is 0 Å². The molecule has 5 nitrogen and oxygen atoms in total. The molecule has 0 spiro atoms. The van der Waals surface area contributed by atoms with E-state index >= 15 is 0 Å². The van der Waals surface area contributed by atoms with Crippen LogP contribution in [0, 0.1) is 13.8 Å². The van der Waals surface area contributed by atoms with E-state index in [9.17, 15) is 9.59 Å². The smallest absolute Gasteiger partial charge is 0.339 e. The fraction of sp³-hybridized carbons (Fsp3) is 0.222. The molecule has 0 aliphatic rings. The van der Waals surface area contributed by atoms with Crippen LogP contribution in [0.3, 0.4) is 0 Å². The van der Waals surface area contributed by atoms with Gasteiger partial charge in [-0.15, -0.1) is 0 Å². The van der Waals surface area contributed by atoms with Crippen molar-refractivity contribution < 1.29 is 14.3 Å². The van der Waals surface area contributed by atoms with E-state index in [2.05, 4.69) is 10.6 Å². The average Bonchev–Trinajstić information content (AvgIpc) is 2.56. The second-order valence-electron chi connectivity index (χ2n) is 5.26. The number of aryl methyl sites for hydroxylation is 2. The van der Waals surface area contributed by atoms with Gasteiger partial charge in [-0.25, -0.2) is 4.79 Å². The largest absolute Gasteiger partial charge is 0.465 e. The molecule has 0 unspecified atom stereocenters. The third-order valence-corrected chi connectivity index (χ3v) is 3.44. The second kappa shape index (κ2) is 7.45. The van der Waals surface area contributed by atoms with Crippen molar-refractivity contribution in [1.29, 1.82) is 0 Å². The number of methoxy groups -OCH3 is 1. The van der Waals surface area contributed by atoms with E-state index in [1.807, 2.05) is 32.0 Å². The molecule has 2 aromatic rings. The second-order valence-corrected chi connectivity index (χ2v) is 5.26. The predicted octanol–water partition coefficient (Wildman–Crippen LogP) is 3.14. The highest BCUT2D eigenvalue weighted by Crippen LogP contribution is 2.17. The fourth-order valence-corrected chi connectivity index (χ4v) is 2.17. The highest BCUT2D eigenvalue weighted by Gasteiger charge is 2.12. The van der Waals surface area contributed by atoms with Gasteiger partial charge in [0.1, 0.15) is 0 Å². The zero-order chi connectivity index (χ0) is 16.8. The minimum Gasteiger partial charge on any atom is -0.465 e. The van der Waals surface area contributed by atoms with E-state index in [0.717, 1.165) is 16.8 Å². The van der Waals surface area contributed by atoms with Crippen LogP contribution in [0.5, 0.6) is 0 Å². The molecule has 5 heteroatoms. The molecule has 1 amide bonds. The third-order valence-electron chi connectivity index (χ3n) is 3.44. The van der Waals surface area contributed by atoms with Crippen LogP contribution < -0.4 is 10.6 Å². The van der Waals surface area contributed by atoms with Crippen molar-refractivity contribution in [2.75, 3.05) is 24.3 Å². The van der Waals surface area contributed by atoms with Crippen molar-refractivity contribution in [3.63, 3.8) is 0 Å². The molecule has 2 rings (SSSR count). The van der Waals surface area contributed by atoms with Gasteiger partial charge in [0.25, 0.3) is 0 Å². The molecule has 0 saturated heterocycles. The minimum atomic E-state index is -0.442. The zero-order valence-electron chi connectivity index (χ0n) is 13.5. The molecule has 120 valence electrons. The Morgan fingerprint density at radius 3 is 2.52 bits per heavy atom. The number of hydrogen-bond donors (Lipinski definition) is 2. The Balaban J connectivity index is 2.02. The summed E-state index contributed by atoms with van der Waals surface area (Å²) < 4.78 is 4.73. The van der Waals surface area contributed by atoms with Crippen molar-refractivity contribution in [3.05, 3.63) is 59.2 Å². The Bertz CT molecular complexity index is 726. The topological polar surface area (TPSA) is 67.4 Å². The first-order chi connectivity index (χ1) is 11.0. The standard InChI is InChI=1S/C18H20N2O3/c1-12-8-9-13(2)16(10-12)20-17(21)11-19-15-7-5-4-6-14(15)18(22)23-3/h4-10,19H,11H2,1-3H3,(H,20,21). The maximum absolute atomic E-state index is 12.1. The zero-order valence-corrected chi connectivity index (χ0v) is 13.5. The molecule has 23 heavy (non-hydrogen) atoms. The molecule has 0 heterocycles. The van der Waals surface area contributed by atoms with E-state index in [1.165, 1.54) is 7.11 Å². The van der Waals surface area contributed by atoms with Gasteiger partial charge < -0.3 is 15.4 Å². The number of nitrogens with one attached hydrogen (secondary N) is 2. The fourth-order valence-electron chi connectivity index (χ4n) is 2.17. The number of benzene rings is 2. The lowest BCUT2D eigenvalue weighted by Gasteiger charge is -2.12. The van der Waals surface area contributed by atoms with Gasteiger partial charge in [-0.1, -0.05) is 24.3 Å². The van der Waals surface area contributed by atoms with Crippen LogP contribution in [0.2, 0.25) is 0 Å². The number of ether oxygens (including phenoxy) is 1. The molecular weight excluding hydrogens is 292 g/mol. The summed E-state index contributed by atoms with van der Waals surface area (Å²) in [6.45, 7) is 3.97. The molecule has 0 radical (unpaired) electrons. The molecule has 0 aromatic heterocycles. The van der Waals surface area contributed by atoms with E-state index in [-0.39, 0.29) is 12.5 Å². The van der Waals surface area contributed by atoms with Gasteiger partial charge in [-0.2, -0.15) is 0 Å².